The van der Waals surface area contributed by atoms with E-state index in [1.165, 1.54) is 62.0 Å². The first-order chi connectivity index (χ1) is 18.1. The molecule has 3 aliphatic heterocycles. The van der Waals surface area contributed by atoms with E-state index in [1.807, 2.05) is 24.3 Å². The van der Waals surface area contributed by atoms with Crippen LogP contribution in [-0.2, 0) is 28.9 Å². The van der Waals surface area contributed by atoms with Crippen molar-refractivity contribution in [2.24, 2.45) is 0 Å². The number of halogens is 1. The summed E-state index contributed by atoms with van der Waals surface area (Å²) in [6.45, 7) is 4.29. The van der Waals surface area contributed by atoms with Gasteiger partial charge >= 0.3 is 0 Å². The standard InChI is InChI=1S/C30H37BrN4O2/c31-20-10-12-27-24(17-20)25(30(37)33-27)18-28-23(22-8-2-1-3-9-26(22)32-28)11-13-29(36)35-16-6-7-21(35)19-34-14-4-5-15-34/h10,12,17-18,21,32H,1-9,11,13-16,19H2,(H,33,37)/b25-18-/t21-/m0/s1. The van der Waals surface area contributed by atoms with Gasteiger partial charge in [-0.25, -0.2) is 0 Å². The number of rotatable bonds is 6. The molecular formula is C30H37BrN4O2. The van der Waals surface area contributed by atoms with Crippen LogP contribution < -0.4 is 5.32 Å². The SMILES string of the molecule is O=C1Nc2ccc(Br)cc2/C1=C/c1[nH]c2c(c1CCC(=O)N1CCC[C@H]1CN1CCCC1)CCCCC2. The molecule has 4 aliphatic rings. The Morgan fingerprint density at radius 3 is 2.76 bits per heavy atom. The molecule has 2 aromatic rings. The highest BCUT2D eigenvalue weighted by molar-refractivity contribution is 9.10. The number of anilines is 1. The Balaban J connectivity index is 1.25. The predicted molar refractivity (Wildman–Crippen MR) is 151 cm³/mol. The van der Waals surface area contributed by atoms with Gasteiger partial charge in [-0.05, 0) is 106 Å². The number of nitrogens with one attached hydrogen (secondary N) is 2. The molecule has 1 aromatic carbocycles. The zero-order valence-electron chi connectivity index (χ0n) is 21.6. The van der Waals surface area contributed by atoms with Crippen molar-refractivity contribution in [1.82, 2.24) is 14.8 Å². The van der Waals surface area contributed by atoms with Crippen molar-refractivity contribution in [2.45, 2.75) is 76.7 Å². The van der Waals surface area contributed by atoms with E-state index in [0.29, 0.717) is 18.0 Å². The number of aromatic nitrogens is 1. The first-order valence-corrected chi connectivity index (χ1v) is 14.9. The number of H-pyrrole nitrogens is 1. The lowest BCUT2D eigenvalue weighted by molar-refractivity contribution is -0.132. The van der Waals surface area contributed by atoms with Gasteiger partial charge in [-0.1, -0.05) is 22.4 Å². The van der Waals surface area contributed by atoms with Crippen LogP contribution in [0, 0.1) is 0 Å². The molecule has 2 saturated heterocycles. The van der Waals surface area contributed by atoms with Crippen LogP contribution in [-0.4, -0.2) is 58.8 Å². The van der Waals surface area contributed by atoms with Crippen molar-refractivity contribution in [3.05, 3.63) is 50.8 Å². The molecule has 37 heavy (non-hydrogen) atoms. The van der Waals surface area contributed by atoms with Gasteiger partial charge in [0.2, 0.25) is 5.91 Å². The molecule has 0 saturated carbocycles. The topological polar surface area (TPSA) is 68.4 Å². The van der Waals surface area contributed by atoms with E-state index in [1.54, 1.807) is 0 Å². The molecule has 2 N–H and O–H groups in total. The lowest BCUT2D eigenvalue weighted by Gasteiger charge is -2.28. The maximum atomic E-state index is 13.5. The van der Waals surface area contributed by atoms with Crippen molar-refractivity contribution in [2.75, 3.05) is 31.5 Å². The quantitative estimate of drug-likeness (QED) is 0.356. The van der Waals surface area contributed by atoms with E-state index >= 15 is 0 Å². The summed E-state index contributed by atoms with van der Waals surface area (Å²) in [7, 11) is 0. The van der Waals surface area contributed by atoms with Crippen molar-refractivity contribution in [3.8, 4) is 0 Å². The summed E-state index contributed by atoms with van der Waals surface area (Å²) >= 11 is 3.55. The van der Waals surface area contributed by atoms with Gasteiger partial charge in [0.15, 0.2) is 0 Å². The minimum Gasteiger partial charge on any atom is -0.358 e. The van der Waals surface area contributed by atoms with E-state index < -0.39 is 0 Å². The second-order valence-corrected chi connectivity index (χ2v) is 12.0. The number of hydrogen-bond donors (Lipinski definition) is 2. The molecule has 0 radical (unpaired) electrons. The molecular weight excluding hydrogens is 528 g/mol. The van der Waals surface area contributed by atoms with Gasteiger partial charge in [-0.15, -0.1) is 0 Å². The van der Waals surface area contributed by atoms with Crippen LogP contribution >= 0.6 is 15.9 Å². The Labute approximate surface area is 228 Å². The maximum Gasteiger partial charge on any atom is 0.256 e. The van der Waals surface area contributed by atoms with Crippen molar-refractivity contribution in [1.29, 1.82) is 0 Å². The van der Waals surface area contributed by atoms with Gasteiger partial charge in [0.1, 0.15) is 0 Å². The van der Waals surface area contributed by atoms with Crippen molar-refractivity contribution >= 4 is 45.1 Å². The highest BCUT2D eigenvalue weighted by atomic mass is 79.9. The van der Waals surface area contributed by atoms with Crippen LogP contribution in [0.3, 0.4) is 0 Å². The van der Waals surface area contributed by atoms with E-state index in [9.17, 15) is 9.59 Å². The lowest BCUT2D eigenvalue weighted by Crippen LogP contribution is -2.42. The van der Waals surface area contributed by atoms with Gasteiger partial charge < -0.3 is 20.1 Å². The fraction of sp³-hybridized carbons (Fsp3) is 0.533. The lowest BCUT2D eigenvalue weighted by atomic mass is 9.97. The molecule has 1 atom stereocenters. The minimum absolute atomic E-state index is 0.0678. The number of carbonyl (C=O) groups is 2. The van der Waals surface area contributed by atoms with E-state index in [-0.39, 0.29) is 11.8 Å². The van der Waals surface area contributed by atoms with Gasteiger partial charge in [-0.2, -0.15) is 0 Å². The Bertz CT molecular complexity index is 1230. The molecule has 4 heterocycles. The molecule has 0 bridgehead atoms. The molecule has 2 fully saturated rings. The Morgan fingerprint density at radius 2 is 1.89 bits per heavy atom. The highest BCUT2D eigenvalue weighted by Gasteiger charge is 2.31. The number of nitrogens with zero attached hydrogens (tertiary/aromatic N) is 2. The zero-order chi connectivity index (χ0) is 25.4. The van der Waals surface area contributed by atoms with E-state index in [2.05, 4.69) is 36.0 Å². The molecule has 7 heteroatoms. The summed E-state index contributed by atoms with van der Waals surface area (Å²) in [4.78, 5) is 34.8. The average molecular weight is 566 g/mol. The molecule has 2 amide bonds. The third-order valence-electron chi connectivity index (χ3n) is 8.70. The summed E-state index contributed by atoms with van der Waals surface area (Å²) in [5, 5.41) is 3.00. The van der Waals surface area contributed by atoms with Crippen LogP contribution in [0.2, 0.25) is 0 Å². The molecule has 0 unspecified atom stereocenters. The number of benzene rings is 1. The normalized spacial score (nSPS) is 22.8. The van der Waals surface area contributed by atoms with Gasteiger partial charge in [-0.3, -0.25) is 9.59 Å². The maximum absolute atomic E-state index is 13.5. The van der Waals surface area contributed by atoms with Gasteiger partial charge in [0, 0.05) is 52.7 Å². The molecule has 1 aliphatic carbocycles. The summed E-state index contributed by atoms with van der Waals surface area (Å²) in [5.41, 5.74) is 7.39. The molecule has 6 rings (SSSR count). The second-order valence-electron chi connectivity index (χ2n) is 11.1. The van der Waals surface area contributed by atoms with Gasteiger partial charge in [0.05, 0.1) is 5.57 Å². The second kappa shape index (κ2) is 10.8. The molecule has 196 valence electrons. The summed E-state index contributed by atoms with van der Waals surface area (Å²) in [5.74, 6) is 0.221. The fourth-order valence-corrected chi connectivity index (χ4v) is 7.16. The van der Waals surface area contributed by atoms with Crippen LogP contribution in [0.15, 0.2) is 22.7 Å². The molecule has 1 aromatic heterocycles. The number of hydrogen-bond acceptors (Lipinski definition) is 3. The van der Waals surface area contributed by atoms with E-state index in [4.69, 9.17) is 0 Å². The monoisotopic (exact) mass is 564 g/mol. The zero-order valence-corrected chi connectivity index (χ0v) is 23.2. The highest BCUT2D eigenvalue weighted by Crippen LogP contribution is 2.37. The number of likely N-dealkylation sites (tertiary alicyclic amines) is 2. The smallest absolute Gasteiger partial charge is 0.256 e. The summed E-state index contributed by atoms with van der Waals surface area (Å²) in [6, 6.07) is 6.26. The van der Waals surface area contributed by atoms with Crippen LogP contribution in [0.25, 0.3) is 11.6 Å². The van der Waals surface area contributed by atoms with E-state index in [0.717, 1.165) is 66.6 Å². The van der Waals surface area contributed by atoms with Crippen molar-refractivity contribution < 1.29 is 9.59 Å². The third-order valence-corrected chi connectivity index (χ3v) is 9.19. The minimum atomic E-state index is -0.0678. The van der Waals surface area contributed by atoms with Crippen molar-refractivity contribution in [3.63, 3.8) is 0 Å². The summed E-state index contributed by atoms with van der Waals surface area (Å²) < 4.78 is 0.954. The first kappa shape index (κ1) is 24.9. The Hall–Kier alpha value is -2.38. The van der Waals surface area contributed by atoms with Crippen LogP contribution in [0.5, 0.6) is 0 Å². The van der Waals surface area contributed by atoms with Crippen LogP contribution in [0.4, 0.5) is 5.69 Å². The van der Waals surface area contributed by atoms with Gasteiger partial charge in [0.25, 0.3) is 5.91 Å². The predicted octanol–water partition coefficient (Wildman–Crippen LogP) is 5.56. The fourth-order valence-electron chi connectivity index (χ4n) is 6.80. The third kappa shape index (κ3) is 5.17. The average Bonchev–Trinajstić information content (AvgIpc) is 3.65. The molecule has 0 spiro atoms. The largest absolute Gasteiger partial charge is 0.358 e. The number of amides is 2. The number of aryl methyl sites for hydroxylation is 1. The van der Waals surface area contributed by atoms with Crippen LogP contribution in [0.1, 0.15) is 79.4 Å². The molecule has 6 nitrogen and oxygen atoms in total. The Morgan fingerprint density at radius 1 is 1.05 bits per heavy atom. The number of fused-ring (bicyclic) bond motifs is 2. The Kier molecular flexibility index (Phi) is 7.26. The summed E-state index contributed by atoms with van der Waals surface area (Å²) in [6.07, 6.45) is 13.8. The number of carbonyl (C=O) groups excluding carboxylic acids is 2. The number of aromatic amines is 1. The first-order valence-electron chi connectivity index (χ1n) is 14.1.